The van der Waals surface area contributed by atoms with E-state index in [9.17, 15) is 4.79 Å². The fourth-order valence-corrected chi connectivity index (χ4v) is 3.91. The zero-order valence-corrected chi connectivity index (χ0v) is 16.3. The number of rotatable bonds is 7. The van der Waals surface area contributed by atoms with Crippen LogP contribution in [0.4, 0.5) is 0 Å². The van der Waals surface area contributed by atoms with Gasteiger partial charge in [-0.05, 0) is 30.4 Å². The Morgan fingerprint density at radius 2 is 1.89 bits per heavy atom. The molecule has 0 radical (unpaired) electrons. The van der Waals surface area contributed by atoms with Crippen LogP contribution in [0.1, 0.15) is 44.1 Å². The third-order valence-corrected chi connectivity index (χ3v) is 5.37. The fraction of sp³-hybridized carbons (Fsp3) is 0.619. The number of benzene rings is 1. The summed E-state index contributed by atoms with van der Waals surface area (Å²) in [5, 5.41) is 9.55. The average molecular weight is 373 g/mol. The molecule has 148 valence electrons. The van der Waals surface area contributed by atoms with Crippen LogP contribution in [-0.4, -0.2) is 44.7 Å². The molecule has 6 nitrogen and oxygen atoms in total. The summed E-state index contributed by atoms with van der Waals surface area (Å²) in [5.74, 6) is 2.46. The molecule has 6 heteroatoms. The molecule has 1 aliphatic carbocycles. The van der Waals surface area contributed by atoms with Crippen molar-refractivity contribution in [3.8, 4) is 5.75 Å². The Morgan fingerprint density at radius 3 is 2.67 bits per heavy atom. The molecule has 27 heavy (non-hydrogen) atoms. The van der Waals surface area contributed by atoms with Crippen LogP contribution in [0.2, 0.25) is 0 Å². The monoisotopic (exact) mass is 372 g/mol. The predicted octanol–water partition coefficient (Wildman–Crippen LogP) is 2.24. The molecule has 1 aromatic carbocycles. The molecular weight excluding hydrogens is 340 g/mol. The van der Waals surface area contributed by atoms with Crippen molar-refractivity contribution in [2.75, 3.05) is 26.7 Å². The molecule has 0 spiro atoms. The van der Waals surface area contributed by atoms with Gasteiger partial charge in [-0.1, -0.05) is 37.5 Å². The van der Waals surface area contributed by atoms with E-state index in [2.05, 4.69) is 27.0 Å². The Morgan fingerprint density at radius 1 is 1.11 bits per heavy atom. The van der Waals surface area contributed by atoms with Crippen LogP contribution in [0.25, 0.3) is 0 Å². The summed E-state index contributed by atoms with van der Waals surface area (Å²) in [6.45, 7) is 1.96. The third kappa shape index (κ3) is 6.15. The highest BCUT2D eigenvalue weighted by Crippen LogP contribution is 2.27. The molecule has 1 fully saturated rings. The second-order valence-corrected chi connectivity index (χ2v) is 7.49. The van der Waals surface area contributed by atoms with E-state index < -0.39 is 0 Å². The summed E-state index contributed by atoms with van der Waals surface area (Å²) in [6.07, 6.45) is 7.99. The summed E-state index contributed by atoms with van der Waals surface area (Å²) in [5.41, 5.74) is 1.26. The van der Waals surface area contributed by atoms with Crippen LogP contribution in [0.5, 0.6) is 5.75 Å². The number of nitrogens with zero attached hydrogens (tertiary/aromatic N) is 1. The molecule has 1 saturated carbocycles. The number of carbonyl (C=O) groups excluding carboxylic acids is 1. The molecule has 3 rings (SSSR count). The zero-order valence-electron chi connectivity index (χ0n) is 16.3. The lowest BCUT2D eigenvalue weighted by Gasteiger charge is -2.21. The van der Waals surface area contributed by atoms with Gasteiger partial charge in [0.15, 0.2) is 5.96 Å². The highest BCUT2D eigenvalue weighted by Gasteiger charge is 2.22. The van der Waals surface area contributed by atoms with Gasteiger partial charge in [0.1, 0.15) is 11.9 Å². The zero-order chi connectivity index (χ0) is 18.9. The van der Waals surface area contributed by atoms with Crippen LogP contribution in [-0.2, 0) is 11.2 Å². The lowest BCUT2D eigenvalue weighted by Crippen LogP contribution is -2.44. The lowest BCUT2D eigenvalue weighted by molar-refractivity contribution is -0.122. The van der Waals surface area contributed by atoms with Gasteiger partial charge in [-0.2, -0.15) is 0 Å². The number of para-hydroxylation sites is 1. The van der Waals surface area contributed by atoms with Crippen LogP contribution < -0.4 is 20.7 Å². The van der Waals surface area contributed by atoms with Crippen molar-refractivity contribution < 1.29 is 9.53 Å². The molecule has 0 bridgehead atoms. The molecule has 1 amide bonds. The minimum atomic E-state index is 0.121. The topological polar surface area (TPSA) is 74.8 Å². The molecule has 1 heterocycles. The molecule has 1 aromatic rings. The summed E-state index contributed by atoms with van der Waals surface area (Å²) in [7, 11) is 1.75. The SMILES string of the molecule is CN=C(NCCNC(=O)CC1CCCCC1)NCC1Cc2ccccc2O1. The molecule has 0 aromatic heterocycles. The van der Waals surface area contributed by atoms with Gasteiger partial charge in [-0.15, -0.1) is 0 Å². The maximum atomic E-state index is 12.0. The second-order valence-electron chi connectivity index (χ2n) is 7.49. The van der Waals surface area contributed by atoms with Crippen molar-refractivity contribution in [3.63, 3.8) is 0 Å². The van der Waals surface area contributed by atoms with E-state index in [-0.39, 0.29) is 12.0 Å². The number of hydrogen-bond acceptors (Lipinski definition) is 3. The molecule has 1 unspecified atom stereocenters. The van der Waals surface area contributed by atoms with Gasteiger partial charge in [0.05, 0.1) is 6.54 Å². The van der Waals surface area contributed by atoms with Crippen LogP contribution >= 0.6 is 0 Å². The number of fused-ring (bicyclic) bond motifs is 1. The Kier molecular flexibility index (Phi) is 7.36. The second kappa shape index (κ2) is 10.2. The minimum Gasteiger partial charge on any atom is -0.488 e. The summed E-state index contributed by atoms with van der Waals surface area (Å²) in [4.78, 5) is 16.3. The van der Waals surface area contributed by atoms with E-state index in [1.54, 1.807) is 7.05 Å². The van der Waals surface area contributed by atoms with E-state index >= 15 is 0 Å². The number of guanidine groups is 1. The van der Waals surface area contributed by atoms with E-state index in [1.807, 2.05) is 18.2 Å². The van der Waals surface area contributed by atoms with Gasteiger partial charge in [-0.25, -0.2) is 0 Å². The number of ether oxygens (including phenoxy) is 1. The van der Waals surface area contributed by atoms with E-state index in [0.717, 1.165) is 18.1 Å². The minimum absolute atomic E-state index is 0.121. The van der Waals surface area contributed by atoms with Gasteiger partial charge in [0.25, 0.3) is 0 Å². The quantitative estimate of drug-likeness (QED) is 0.390. The van der Waals surface area contributed by atoms with Crippen molar-refractivity contribution >= 4 is 11.9 Å². The molecule has 0 saturated heterocycles. The maximum absolute atomic E-state index is 12.0. The Hall–Kier alpha value is -2.24. The smallest absolute Gasteiger partial charge is 0.220 e. The maximum Gasteiger partial charge on any atom is 0.220 e. The molecule has 3 N–H and O–H groups in total. The number of nitrogens with one attached hydrogen (secondary N) is 3. The summed E-state index contributed by atoms with van der Waals surface area (Å²) >= 11 is 0. The van der Waals surface area contributed by atoms with Crippen molar-refractivity contribution in [3.05, 3.63) is 29.8 Å². The average Bonchev–Trinajstić information content (AvgIpc) is 3.11. The molecular formula is C21H32N4O2. The fourth-order valence-electron chi connectivity index (χ4n) is 3.91. The molecule has 1 atom stereocenters. The van der Waals surface area contributed by atoms with Crippen LogP contribution in [0.15, 0.2) is 29.3 Å². The summed E-state index contributed by atoms with van der Waals surface area (Å²) < 4.78 is 5.93. The lowest BCUT2D eigenvalue weighted by atomic mass is 9.87. The van der Waals surface area contributed by atoms with Gasteiger partial charge >= 0.3 is 0 Å². The molecule has 1 aliphatic heterocycles. The first kappa shape index (κ1) is 19.5. The van der Waals surface area contributed by atoms with Crippen molar-refractivity contribution in [2.24, 2.45) is 10.9 Å². The van der Waals surface area contributed by atoms with Crippen molar-refractivity contribution in [1.29, 1.82) is 0 Å². The normalized spacial score (nSPS) is 19.9. The number of aliphatic imine (C=N–C) groups is 1. The van der Waals surface area contributed by atoms with Gasteiger partial charge in [0, 0.05) is 33.0 Å². The van der Waals surface area contributed by atoms with E-state index in [4.69, 9.17) is 4.74 Å². The Labute approximate surface area is 162 Å². The first-order valence-electron chi connectivity index (χ1n) is 10.2. The standard InChI is InChI=1S/C21H32N4O2/c1-22-21(25-15-18-14-17-9-5-6-10-19(17)27-18)24-12-11-23-20(26)13-16-7-3-2-4-8-16/h5-6,9-10,16,18H,2-4,7-8,11-15H2,1H3,(H,23,26)(H2,22,24,25). The Balaban J connectivity index is 1.28. The number of carbonyl (C=O) groups is 1. The summed E-state index contributed by atoms with van der Waals surface area (Å²) in [6, 6.07) is 8.16. The van der Waals surface area contributed by atoms with Crippen LogP contribution in [0, 0.1) is 5.92 Å². The first-order valence-corrected chi connectivity index (χ1v) is 10.2. The Bertz CT molecular complexity index is 616. The van der Waals surface area contributed by atoms with E-state index in [0.29, 0.717) is 32.0 Å². The highest BCUT2D eigenvalue weighted by atomic mass is 16.5. The van der Waals surface area contributed by atoms with Crippen LogP contribution in [0.3, 0.4) is 0 Å². The number of hydrogen-bond donors (Lipinski definition) is 3. The predicted molar refractivity (Wildman–Crippen MR) is 108 cm³/mol. The van der Waals surface area contributed by atoms with E-state index in [1.165, 1.54) is 37.7 Å². The third-order valence-electron chi connectivity index (χ3n) is 5.37. The highest BCUT2D eigenvalue weighted by molar-refractivity contribution is 5.80. The number of amides is 1. The first-order chi connectivity index (χ1) is 13.2. The van der Waals surface area contributed by atoms with Gasteiger partial charge < -0.3 is 20.7 Å². The van der Waals surface area contributed by atoms with Crippen molar-refractivity contribution in [1.82, 2.24) is 16.0 Å². The molecule has 2 aliphatic rings. The largest absolute Gasteiger partial charge is 0.488 e. The van der Waals surface area contributed by atoms with Crippen molar-refractivity contribution in [2.45, 2.75) is 51.0 Å². The van der Waals surface area contributed by atoms with Gasteiger partial charge in [-0.3, -0.25) is 9.79 Å². The van der Waals surface area contributed by atoms with Gasteiger partial charge in [0.2, 0.25) is 5.91 Å².